The van der Waals surface area contributed by atoms with Gasteiger partial charge in [0.05, 0.1) is 0 Å². The first-order chi connectivity index (χ1) is 8.10. The molecule has 0 heterocycles. The molecule has 3 atom stereocenters. The minimum Gasteiger partial charge on any atom is -0.0880 e. The maximum Gasteiger partial charge on any atom is -0.0262 e. The summed E-state index contributed by atoms with van der Waals surface area (Å²) < 4.78 is 0. The quantitative estimate of drug-likeness (QED) is 0.396. The van der Waals surface area contributed by atoms with Crippen LogP contribution in [0.4, 0.5) is 0 Å². The molecule has 0 bridgehead atoms. The molecule has 0 nitrogen and oxygen atoms in total. The summed E-state index contributed by atoms with van der Waals surface area (Å²) in [5.41, 5.74) is 0. The van der Waals surface area contributed by atoms with E-state index in [1.54, 1.807) is 0 Å². The monoisotopic (exact) mass is 238 g/mol. The fraction of sp³-hybridized carbons (Fsp3) is 0.882. The molecular weight excluding hydrogens is 204 g/mol. The van der Waals surface area contributed by atoms with E-state index in [-0.39, 0.29) is 0 Å². The van der Waals surface area contributed by atoms with Gasteiger partial charge in [-0.25, -0.2) is 0 Å². The zero-order valence-corrected chi connectivity index (χ0v) is 12.8. The van der Waals surface area contributed by atoms with E-state index in [9.17, 15) is 0 Å². The molecule has 0 aliphatic rings. The Morgan fingerprint density at radius 1 is 0.882 bits per heavy atom. The van der Waals surface area contributed by atoms with Crippen LogP contribution in [0.25, 0.3) is 0 Å². The Morgan fingerprint density at radius 3 is 2.18 bits per heavy atom. The number of hydrogen-bond acceptors (Lipinski definition) is 0. The van der Waals surface area contributed by atoms with Gasteiger partial charge in [-0.2, -0.15) is 0 Å². The largest absolute Gasteiger partial charge is 0.0880 e. The SMILES string of the molecule is CCCCC(C)CC(C)CC=CC(C)CCC. The Morgan fingerprint density at radius 2 is 1.59 bits per heavy atom. The van der Waals surface area contributed by atoms with Gasteiger partial charge in [0.2, 0.25) is 0 Å². The van der Waals surface area contributed by atoms with Crippen LogP contribution < -0.4 is 0 Å². The lowest BCUT2D eigenvalue weighted by Gasteiger charge is -2.15. The van der Waals surface area contributed by atoms with E-state index >= 15 is 0 Å². The van der Waals surface area contributed by atoms with Crippen LogP contribution in [0.2, 0.25) is 0 Å². The van der Waals surface area contributed by atoms with Crippen molar-refractivity contribution in [2.75, 3.05) is 0 Å². The average molecular weight is 238 g/mol. The first-order valence-corrected chi connectivity index (χ1v) is 7.76. The van der Waals surface area contributed by atoms with E-state index in [4.69, 9.17) is 0 Å². The predicted octanol–water partition coefficient (Wildman–Crippen LogP) is 6.22. The van der Waals surface area contributed by atoms with Crippen molar-refractivity contribution in [1.82, 2.24) is 0 Å². The van der Waals surface area contributed by atoms with E-state index < -0.39 is 0 Å². The van der Waals surface area contributed by atoms with Crippen LogP contribution in [-0.2, 0) is 0 Å². The topological polar surface area (TPSA) is 0 Å². The molecule has 0 aliphatic carbocycles. The van der Waals surface area contributed by atoms with E-state index in [1.807, 2.05) is 0 Å². The van der Waals surface area contributed by atoms with Crippen molar-refractivity contribution in [3.63, 3.8) is 0 Å². The normalized spacial score (nSPS) is 17.2. The van der Waals surface area contributed by atoms with E-state index in [1.165, 1.54) is 44.9 Å². The molecule has 3 unspecified atom stereocenters. The van der Waals surface area contributed by atoms with Crippen molar-refractivity contribution in [1.29, 1.82) is 0 Å². The van der Waals surface area contributed by atoms with Crippen LogP contribution in [0, 0.1) is 17.8 Å². The minimum atomic E-state index is 0.768. The molecule has 0 N–H and O–H groups in total. The summed E-state index contributed by atoms with van der Waals surface area (Å²) in [5, 5.41) is 0. The highest BCUT2D eigenvalue weighted by atomic mass is 14.1. The zero-order valence-electron chi connectivity index (χ0n) is 12.8. The molecule has 0 aromatic rings. The Labute approximate surface area is 110 Å². The van der Waals surface area contributed by atoms with Gasteiger partial charge in [0.15, 0.2) is 0 Å². The predicted molar refractivity (Wildman–Crippen MR) is 80.3 cm³/mol. The second kappa shape index (κ2) is 10.9. The Balaban J connectivity index is 3.67. The third kappa shape index (κ3) is 10.6. The summed E-state index contributed by atoms with van der Waals surface area (Å²) in [7, 11) is 0. The lowest BCUT2D eigenvalue weighted by Crippen LogP contribution is -2.02. The van der Waals surface area contributed by atoms with Gasteiger partial charge in [-0.05, 0) is 37.0 Å². The first kappa shape index (κ1) is 16.7. The smallest absolute Gasteiger partial charge is 0.0262 e. The van der Waals surface area contributed by atoms with Crippen molar-refractivity contribution >= 4 is 0 Å². The number of rotatable bonds is 10. The van der Waals surface area contributed by atoms with Gasteiger partial charge in [-0.1, -0.05) is 72.5 Å². The molecule has 0 spiro atoms. The van der Waals surface area contributed by atoms with Crippen LogP contribution in [0.3, 0.4) is 0 Å². The van der Waals surface area contributed by atoms with Crippen LogP contribution in [-0.4, -0.2) is 0 Å². The maximum absolute atomic E-state index is 2.41. The summed E-state index contributed by atoms with van der Waals surface area (Å²) in [4.78, 5) is 0. The Bertz CT molecular complexity index is 180. The molecule has 102 valence electrons. The first-order valence-electron chi connectivity index (χ1n) is 7.76. The molecule has 0 rings (SSSR count). The Kier molecular flexibility index (Phi) is 10.7. The second-order valence-corrected chi connectivity index (χ2v) is 6.02. The van der Waals surface area contributed by atoms with Crippen molar-refractivity contribution in [2.24, 2.45) is 17.8 Å². The average Bonchev–Trinajstić information content (AvgIpc) is 2.26. The molecule has 0 aromatic carbocycles. The molecule has 0 fully saturated rings. The van der Waals surface area contributed by atoms with Crippen LogP contribution in [0.5, 0.6) is 0 Å². The summed E-state index contributed by atoms with van der Waals surface area (Å²) in [5.74, 6) is 2.53. The third-order valence-electron chi connectivity index (χ3n) is 3.60. The fourth-order valence-electron chi connectivity index (χ4n) is 2.55. The molecule has 0 saturated carbocycles. The number of unbranched alkanes of at least 4 members (excludes halogenated alkanes) is 1. The fourth-order valence-corrected chi connectivity index (χ4v) is 2.55. The van der Waals surface area contributed by atoms with Crippen molar-refractivity contribution in [2.45, 2.75) is 79.6 Å². The molecule has 17 heavy (non-hydrogen) atoms. The molecule has 0 aromatic heterocycles. The number of hydrogen-bond donors (Lipinski definition) is 0. The van der Waals surface area contributed by atoms with Crippen LogP contribution in [0.1, 0.15) is 79.6 Å². The summed E-state index contributed by atoms with van der Waals surface area (Å²) in [6.45, 7) is 11.7. The maximum atomic E-state index is 2.41. The summed E-state index contributed by atoms with van der Waals surface area (Å²) in [6, 6.07) is 0. The van der Waals surface area contributed by atoms with Gasteiger partial charge in [0.1, 0.15) is 0 Å². The highest BCUT2D eigenvalue weighted by molar-refractivity contribution is 4.87. The minimum absolute atomic E-state index is 0.768. The number of allylic oxidation sites excluding steroid dienone is 2. The molecule has 0 saturated heterocycles. The van der Waals surface area contributed by atoms with Crippen molar-refractivity contribution < 1.29 is 0 Å². The highest BCUT2D eigenvalue weighted by Gasteiger charge is 2.07. The molecular formula is C17H34. The lowest BCUT2D eigenvalue weighted by atomic mass is 9.91. The molecule has 0 radical (unpaired) electrons. The summed E-state index contributed by atoms with van der Waals surface area (Å²) >= 11 is 0. The van der Waals surface area contributed by atoms with Crippen LogP contribution >= 0.6 is 0 Å². The third-order valence-corrected chi connectivity index (χ3v) is 3.60. The lowest BCUT2D eigenvalue weighted by molar-refractivity contribution is 0.387. The molecule has 0 aliphatic heterocycles. The summed E-state index contributed by atoms with van der Waals surface area (Å²) in [6.07, 6.45) is 14.3. The van der Waals surface area contributed by atoms with Gasteiger partial charge < -0.3 is 0 Å². The molecule has 0 amide bonds. The van der Waals surface area contributed by atoms with E-state index in [0.29, 0.717) is 0 Å². The van der Waals surface area contributed by atoms with Crippen molar-refractivity contribution in [3.8, 4) is 0 Å². The van der Waals surface area contributed by atoms with Crippen LogP contribution in [0.15, 0.2) is 12.2 Å². The van der Waals surface area contributed by atoms with Gasteiger partial charge in [-0.3, -0.25) is 0 Å². The van der Waals surface area contributed by atoms with Gasteiger partial charge in [-0.15, -0.1) is 0 Å². The standard InChI is InChI=1S/C17H34/c1-6-8-11-16(4)14-17(5)13-9-12-15(3)10-7-2/h9,12,15-17H,6-8,10-11,13-14H2,1-5H3. The highest BCUT2D eigenvalue weighted by Crippen LogP contribution is 2.20. The van der Waals surface area contributed by atoms with E-state index in [2.05, 4.69) is 46.8 Å². The molecule has 0 heteroatoms. The van der Waals surface area contributed by atoms with Gasteiger partial charge in [0, 0.05) is 0 Å². The van der Waals surface area contributed by atoms with Crippen molar-refractivity contribution in [3.05, 3.63) is 12.2 Å². The van der Waals surface area contributed by atoms with Gasteiger partial charge >= 0.3 is 0 Å². The second-order valence-electron chi connectivity index (χ2n) is 6.02. The Hall–Kier alpha value is -0.260. The van der Waals surface area contributed by atoms with E-state index in [0.717, 1.165) is 17.8 Å². The zero-order chi connectivity index (χ0) is 13.1. The van der Waals surface area contributed by atoms with Gasteiger partial charge in [0.25, 0.3) is 0 Å².